The highest BCUT2D eigenvalue weighted by Crippen LogP contribution is 2.34. The zero-order chi connectivity index (χ0) is 17.7. The second kappa shape index (κ2) is 6.38. The van der Waals surface area contributed by atoms with Crippen molar-refractivity contribution in [3.8, 4) is 0 Å². The highest BCUT2D eigenvalue weighted by molar-refractivity contribution is 6.04. The van der Waals surface area contributed by atoms with Crippen LogP contribution in [0.4, 0.5) is 0 Å². The van der Waals surface area contributed by atoms with E-state index in [1.807, 2.05) is 18.2 Å². The molecule has 2 atom stereocenters. The Kier molecular flexibility index (Phi) is 4.00. The van der Waals surface area contributed by atoms with Crippen LogP contribution in [0, 0.1) is 5.92 Å². The van der Waals surface area contributed by atoms with Gasteiger partial charge in [-0.3, -0.25) is 4.79 Å². The van der Waals surface area contributed by atoms with Crippen molar-refractivity contribution in [3.63, 3.8) is 0 Å². The number of piperidine rings is 2. The summed E-state index contributed by atoms with van der Waals surface area (Å²) in [4.78, 5) is 20.1. The fourth-order valence-corrected chi connectivity index (χ4v) is 4.83. The quantitative estimate of drug-likeness (QED) is 0.914. The molecule has 2 bridgehead atoms. The molecule has 5 heteroatoms. The Bertz CT molecular complexity index is 812. The van der Waals surface area contributed by atoms with Gasteiger partial charge < -0.3 is 14.6 Å². The minimum Gasteiger partial charge on any atom is -0.441 e. The van der Waals surface area contributed by atoms with E-state index < -0.39 is 0 Å². The Labute approximate surface area is 154 Å². The summed E-state index contributed by atoms with van der Waals surface area (Å²) in [5, 5.41) is 3.29. The maximum atomic E-state index is 13.0. The third kappa shape index (κ3) is 3.02. The molecule has 26 heavy (non-hydrogen) atoms. The molecule has 3 fully saturated rings. The number of oxazole rings is 1. The van der Waals surface area contributed by atoms with E-state index in [0.717, 1.165) is 36.7 Å². The number of amides is 1. The van der Waals surface area contributed by atoms with Gasteiger partial charge in [0.25, 0.3) is 5.91 Å². The lowest BCUT2D eigenvalue weighted by Gasteiger charge is -2.47. The van der Waals surface area contributed by atoms with E-state index in [2.05, 4.69) is 22.2 Å². The standard InChI is InChI=1S/C21H27N3O2/c1-24-15-4-2-5-16(24)12-14(11-15)22-21(25)17-6-3-7-18-20(17)23-19(26-18)10-13-8-9-13/h3,6-7,13-16H,2,4-5,8-12H2,1H3,(H,22,25). The zero-order valence-electron chi connectivity index (χ0n) is 15.4. The van der Waals surface area contributed by atoms with E-state index in [9.17, 15) is 4.79 Å². The first-order valence-electron chi connectivity index (χ1n) is 10.1. The Balaban J connectivity index is 1.34. The number of nitrogens with zero attached hydrogens (tertiary/aromatic N) is 2. The lowest BCUT2D eigenvalue weighted by Crippen LogP contribution is -2.55. The largest absolute Gasteiger partial charge is 0.441 e. The van der Waals surface area contributed by atoms with Crippen LogP contribution in [0.5, 0.6) is 0 Å². The van der Waals surface area contributed by atoms with Gasteiger partial charge in [0.05, 0.1) is 5.56 Å². The minimum absolute atomic E-state index is 0.00509. The van der Waals surface area contributed by atoms with Crippen LogP contribution >= 0.6 is 0 Å². The lowest BCUT2D eigenvalue weighted by atomic mass is 9.82. The molecule has 2 aromatic rings. The first kappa shape index (κ1) is 16.3. The predicted molar refractivity (Wildman–Crippen MR) is 100 cm³/mol. The van der Waals surface area contributed by atoms with Crippen LogP contribution < -0.4 is 5.32 Å². The van der Waals surface area contributed by atoms with Crippen molar-refractivity contribution in [2.24, 2.45) is 5.92 Å². The van der Waals surface area contributed by atoms with E-state index in [1.165, 1.54) is 32.1 Å². The van der Waals surface area contributed by atoms with Crippen molar-refractivity contribution >= 4 is 17.0 Å². The molecule has 1 amide bonds. The molecule has 1 aromatic carbocycles. The first-order chi connectivity index (χ1) is 12.7. The molecule has 2 saturated heterocycles. The lowest BCUT2D eigenvalue weighted by molar-refractivity contribution is 0.0463. The van der Waals surface area contributed by atoms with Crippen molar-refractivity contribution in [2.45, 2.75) is 69.5 Å². The van der Waals surface area contributed by atoms with Crippen LogP contribution in [0.25, 0.3) is 11.1 Å². The Morgan fingerprint density at radius 3 is 2.73 bits per heavy atom. The summed E-state index contributed by atoms with van der Waals surface area (Å²) in [5.41, 5.74) is 2.10. The summed E-state index contributed by atoms with van der Waals surface area (Å²) in [7, 11) is 2.24. The molecule has 1 N–H and O–H groups in total. The van der Waals surface area contributed by atoms with E-state index >= 15 is 0 Å². The molecular weight excluding hydrogens is 326 g/mol. The number of fused-ring (bicyclic) bond motifs is 3. The summed E-state index contributed by atoms with van der Waals surface area (Å²) in [6.07, 6.45) is 9.37. The number of carbonyl (C=O) groups is 1. The van der Waals surface area contributed by atoms with Crippen LogP contribution in [0.3, 0.4) is 0 Å². The third-order valence-electron chi connectivity index (χ3n) is 6.54. The Morgan fingerprint density at radius 2 is 2.00 bits per heavy atom. The van der Waals surface area contributed by atoms with Gasteiger partial charge in [-0.25, -0.2) is 4.98 Å². The molecule has 1 aromatic heterocycles. The van der Waals surface area contributed by atoms with Crippen molar-refractivity contribution in [3.05, 3.63) is 29.7 Å². The number of para-hydroxylation sites is 1. The van der Waals surface area contributed by atoms with Gasteiger partial charge in [0.2, 0.25) is 0 Å². The average molecular weight is 353 g/mol. The summed E-state index contributed by atoms with van der Waals surface area (Å²) in [5.74, 6) is 1.49. The minimum atomic E-state index is -0.00509. The topological polar surface area (TPSA) is 58.4 Å². The van der Waals surface area contributed by atoms with E-state index in [-0.39, 0.29) is 11.9 Å². The smallest absolute Gasteiger partial charge is 0.253 e. The number of aromatic nitrogens is 1. The molecule has 2 unspecified atom stereocenters. The summed E-state index contributed by atoms with van der Waals surface area (Å²) in [6, 6.07) is 7.17. The molecule has 1 saturated carbocycles. The van der Waals surface area contributed by atoms with Gasteiger partial charge in [0, 0.05) is 24.5 Å². The fraction of sp³-hybridized carbons (Fsp3) is 0.619. The monoisotopic (exact) mass is 353 g/mol. The van der Waals surface area contributed by atoms with Crippen LogP contribution in [0.2, 0.25) is 0 Å². The number of nitrogens with one attached hydrogen (secondary N) is 1. The van der Waals surface area contributed by atoms with Gasteiger partial charge in [0.15, 0.2) is 11.5 Å². The van der Waals surface area contributed by atoms with Gasteiger partial charge in [-0.1, -0.05) is 12.5 Å². The average Bonchev–Trinajstić information content (AvgIpc) is 3.31. The molecule has 1 aliphatic carbocycles. The van der Waals surface area contributed by atoms with Crippen LogP contribution in [0.1, 0.15) is 61.2 Å². The van der Waals surface area contributed by atoms with Crippen molar-refractivity contribution < 1.29 is 9.21 Å². The maximum Gasteiger partial charge on any atom is 0.253 e. The highest BCUT2D eigenvalue weighted by Gasteiger charge is 2.36. The number of carbonyl (C=O) groups excluding carboxylic acids is 1. The summed E-state index contributed by atoms with van der Waals surface area (Å²) < 4.78 is 5.88. The molecular formula is C21H27N3O2. The SMILES string of the molecule is CN1C2CCCC1CC(NC(=O)c1cccc3oc(CC4CC4)nc13)C2. The van der Waals surface area contributed by atoms with Crippen LogP contribution in [0.15, 0.2) is 22.6 Å². The fourth-order valence-electron chi connectivity index (χ4n) is 4.83. The molecule has 138 valence electrons. The van der Waals surface area contributed by atoms with Gasteiger partial charge in [-0.2, -0.15) is 0 Å². The van der Waals surface area contributed by atoms with E-state index in [0.29, 0.717) is 23.2 Å². The number of benzene rings is 1. The van der Waals surface area contributed by atoms with Gasteiger partial charge >= 0.3 is 0 Å². The first-order valence-corrected chi connectivity index (χ1v) is 10.1. The van der Waals surface area contributed by atoms with Gasteiger partial charge in [-0.15, -0.1) is 0 Å². The molecule has 0 spiro atoms. The molecule has 3 heterocycles. The van der Waals surface area contributed by atoms with E-state index in [1.54, 1.807) is 0 Å². The Morgan fingerprint density at radius 1 is 1.23 bits per heavy atom. The molecule has 5 rings (SSSR count). The number of rotatable bonds is 4. The second-order valence-electron chi connectivity index (χ2n) is 8.45. The van der Waals surface area contributed by atoms with Crippen molar-refractivity contribution in [2.75, 3.05) is 7.05 Å². The Hall–Kier alpha value is -1.88. The number of hydrogen-bond acceptors (Lipinski definition) is 4. The molecule has 2 aliphatic heterocycles. The highest BCUT2D eigenvalue weighted by atomic mass is 16.3. The van der Waals surface area contributed by atoms with E-state index in [4.69, 9.17) is 4.42 Å². The van der Waals surface area contributed by atoms with Crippen molar-refractivity contribution in [1.29, 1.82) is 0 Å². The molecule has 3 aliphatic rings. The summed E-state index contributed by atoms with van der Waals surface area (Å²) in [6.45, 7) is 0. The number of hydrogen-bond donors (Lipinski definition) is 1. The predicted octanol–water partition coefficient (Wildman–Crippen LogP) is 3.53. The molecule has 0 radical (unpaired) electrons. The third-order valence-corrected chi connectivity index (χ3v) is 6.54. The normalized spacial score (nSPS) is 29.0. The molecule has 5 nitrogen and oxygen atoms in total. The second-order valence-corrected chi connectivity index (χ2v) is 8.45. The van der Waals surface area contributed by atoms with Gasteiger partial charge in [0.1, 0.15) is 5.52 Å². The van der Waals surface area contributed by atoms with Crippen molar-refractivity contribution in [1.82, 2.24) is 15.2 Å². The van der Waals surface area contributed by atoms with Crippen LogP contribution in [-0.4, -0.2) is 41.0 Å². The van der Waals surface area contributed by atoms with Gasteiger partial charge in [-0.05, 0) is 63.6 Å². The van der Waals surface area contributed by atoms with Crippen LogP contribution in [-0.2, 0) is 6.42 Å². The zero-order valence-corrected chi connectivity index (χ0v) is 15.4. The maximum absolute atomic E-state index is 13.0. The summed E-state index contributed by atoms with van der Waals surface area (Å²) >= 11 is 0.